The molecular weight excluding hydrogens is 292 g/mol. The third-order valence-electron chi connectivity index (χ3n) is 3.09. The summed E-state index contributed by atoms with van der Waals surface area (Å²) in [5, 5.41) is 4.16. The van der Waals surface area contributed by atoms with E-state index in [-0.39, 0.29) is 6.04 Å². The van der Waals surface area contributed by atoms with E-state index < -0.39 is 0 Å². The van der Waals surface area contributed by atoms with Crippen molar-refractivity contribution < 1.29 is 0 Å². The van der Waals surface area contributed by atoms with Gasteiger partial charge in [0.05, 0.1) is 0 Å². The zero-order chi connectivity index (χ0) is 13.0. The highest BCUT2D eigenvalue weighted by Gasteiger charge is 2.10. The number of halogens is 1. The first-order valence-corrected chi connectivity index (χ1v) is 6.68. The van der Waals surface area contributed by atoms with Crippen LogP contribution in [-0.4, -0.2) is 9.78 Å². The Morgan fingerprint density at radius 1 is 1.33 bits per heavy atom. The van der Waals surface area contributed by atoms with E-state index in [4.69, 9.17) is 5.84 Å². The van der Waals surface area contributed by atoms with Gasteiger partial charge in [-0.25, -0.2) is 0 Å². The minimum absolute atomic E-state index is 0.160. The molecule has 1 aromatic heterocycles. The van der Waals surface area contributed by atoms with Gasteiger partial charge in [0.1, 0.15) is 0 Å². The van der Waals surface area contributed by atoms with Crippen LogP contribution in [0, 0.1) is 0 Å². The molecule has 0 amide bonds. The Kier molecular flexibility index (Phi) is 4.52. The van der Waals surface area contributed by atoms with Crippen molar-refractivity contribution in [1.29, 1.82) is 0 Å². The van der Waals surface area contributed by atoms with Crippen molar-refractivity contribution in [3.63, 3.8) is 0 Å². The molecule has 0 aliphatic carbocycles. The molecule has 0 aliphatic rings. The summed E-state index contributed by atoms with van der Waals surface area (Å²) < 4.78 is 2.98. The Morgan fingerprint density at radius 2 is 2.06 bits per heavy atom. The van der Waals surface area contributed by atoms with E-state index in [2.05, 4.69) is 38.6 Å². The van der Waals surface area contributed by atoms with E-state index in [1.807, 2.05) is 36.1 Å². The molecule has 0 bridgehead atoms. The minimum Gasteiger partial charge on any atom is -0.273 e. The number of nitrogens with two attached hydrogens (primary N) is 1. The molecule has 1 heterocycles. The van der Waals surface area contributed by atoms with Crippen molar-refractivity contribution in [1.82, 2.24) is 15.2 Å². The fraction of sp³-hybridized carbons (Fsp3) is 0.308. The summed E-state index contributed by atoms with van der Waals surface area (Å²) in [5.41, 5.74) is 5.29. The highest BCUT2D eigenvalue weighted by Crippen LogP contribution is 2.20. The van der Waals surface area contributed by atoms with Crippen molar-refractivity contribution in [3.8, 4) is 0 Å². The van der Waals surface area contributed by atoms with Gasteiger partial charge >= 0.3 is 0 Å². The SMILES string of the molecule is Cn1nccc1CCC(NN)c1ccc(Br)cc1. The highest BCUT2D eigenvalue weighted by atomic mass is 79.9. The molecule has 0 radical (unpaired) electrons. The van der Waals surface area contributed by atoms with Crippen molar-refractivity contribution in [2.45, 2.75) is 18.9 Å². The van der Waals surface area contributed by atoms with Gasteiger partial charge < -0.3 is 0 Å². The van der Waals surface area contributed by atoms with Crippen molar-refractivity contribution >= 4 is 15.9 Å². The first-order valence-electron chi connectivity index (χ1n) is 5.89. The summed E-state index contributed by atoms with van der Waals surface area (Å²) in [6, 6.07) is 10.4. The summed E-state index contributed by atoms with van der Waals surface area (Å²) >= 11 is 3.43. The van der Waals surface area contributed by atoms with Gasteiger partial charge in [-0.2, -0.15) is 5.10 Å². The maximum atomic E-state index is 5.64. The Morgan fingerprint density at radius 3 is 2.61 bits per heavy atom. The highest BCUT2D eigenvalue weighted by molar-refractivity contribution is 9.10. The van der Waals surface area contributed by atoms with Gasteiger partial charge in [0, 0.05) is 29.5 Å². The maximum Gasteiger partial charge on any atom is 0.0492 e. The monoisotopic (exact) mass is 308 g/mol. The summed E-state index contributed by atoms with van der Waals surface area (Å²) in [4.78, 5) is 0. The molecule has 2 rings (SSSR count). The van der Waals surface area contributed by atoms with E-state index in [9.17, 15) is 0 Å². The van der Waals surface area contributed by atoms with E-state index in [0.29, 0.717) is 0 Å². The second-order valence-corrected chi connectivity index (χ2v) is 5.17. The maximum absolute atomic E-state index is 5.64. The smallest absolute Gasteiger partial charge is 0.0492 e. The predicted octanol–water partition coefficient (Wildman–Crippen LogP) is 2.32. The van der Waals surface area contributed by atoms with Crippen molar-refractivity contribution in [2.75, 3.05) is 0 Å². The number of nitrogens with one attached hydrogen (secondary N) is 1. The van der Waals surface area contributed by atoms with Crippen molar-refractivity contribution in [2.24, 2.45) is 12.9 Å². The van der Waals surface area contributed by atoms with Crippen molar-refractivity contribution in [3.05, 3.63) is 52.3 Å². The second kappa shape index (κ2) is 6.13. The van der Waals surface area contributed by atoms with E-state index in [1.54, 1.807) is 0 Å². The average molecular weight is 309 g/mol. The molecule has 0 saturated heterocycles. The van der Waals surface area contributed by atoms with Crippen LogP contribution in [0.25, 0.3) is 0 Å². The van der Waals surface area contributed by atoms with Gasteiger partial charge in [-0.1, -0.05) is 28.1 Å². The summed E-state index contributed by atoms with van der Waals surface area (Å²) in [7, 11) is 1.96. The van der Waals surface area contributed by atoms with Gasteiger partial charge in [0.15, 0.2) is 0 Å². The molecule has 1 atom stereocenters. The molecule has 18 heavy (non-hydrogen) atoms. The lowest BCUT2D eigenvalue weighted by atomic mass is 10.0. The first-order chi connectivity index (χ1) is 8.70. The molecule has 5 heteroatoms. The molecule has 0 saturated carbocycles. The topological polar surface area (TPSA) is 55.9 Å². The third-order valence-corrected chi connectivity index (χ3v) is 3.61. The normalized spacial score (nSPS) is 12.6. The van der Waals surface area contributed by atoms with Gasteiger partial charge in [-0.15, -0.1) is 0 Å². The predicted molar refractivity (Wildman–Crippen MR) is 75.7 cm³/mol. The molecule has 2 aromatic rings. The lowest BCUT2D eigenvalue weighted by Crippen LogP contribution is -2.28. The van der Waals surface area contributed by atoms with Crippen LogP contribution in [0.1, 0.15) is 23.7 Å². The lowest BCUT2D eigenvalue weighted by molar-refractivity contribution is 0.507. The molecule has 0 spiro atoms. The average Bonchev–Trinajstić information content (AvgIpc) is 2.78. The molecule has 3 N–H and O–H groups in total. The zero-order valence-electron chi connectivity index (χ0n) is 10.3. The summed E-state index contributed by atoms with van der Waals surface area (Å²) in [5.74, 6) is 5.64. The minimum atomic E-state index is 0.160. The number of aryl methyl sites for hydroxylation is 2. The van der Waals surface area contributed by atoms with Crippen LogP contribution in [0.2, 0.25) is 0 Å². The van der Waals surface area contributed by atoms with E-state index in [1.165, 1.54) is 11.3 Å². The molecule has 0 aliphatic heterocycles. The van der Waals surface area contributed by atoms with E-state index >= 15 is 0 Å². The van der Waals surface area contributed by atoms with Crippen LogP contribution < -0.4 is 11.3 Å². The Bertz CT molecular complexity index is 492. The first kappa shape index (κ1) is 13.3. The second-order valence-electron chi connectivity index (χ2n) is 4.26. The van der Waals surface area contributed by atoms with Crippen LogP contribution in [0.15, 0.2) is 41.0 Å². The quantitative estimate of drug-likeness (QED) is 0.658. The molecular formula is C13H17BrN4. The molecule has 1 aromatic carbocycles. The summed E-state index contributed by atoms with van der Waals surface area (Å²) in [6.07, 6.45) is 3.71. The fourth-order valence-corrected chi connectivity index (χ4v) is 2.24. The molecule has 0 fully saturated rings. The van der Waals surface area contributed by atoms with Gasteiger partial charge in [-0.05, 0) is 36.6 Å². The van der Waals surface area contributed by atoms with E-state index in [0.717, 1.165) is 17.3 Å². The molecule has 96 valence electrons. The zero-order valence-corrected chi connectivity index (χ0v) is 11.9. The van der Waals surface area contributed by atoms with Crippen LogP contribution in [0.3, 0.4) is 0 Å². The third kappa shape index (κ3) is 3.19. The molecule has 1 unspecified atom stereocenters. The number of rotatable bonds is 5. The largest absolute Gasteiger partial charge is 0.273 e. The number of nitrogens with zero attached hydrogens (tertiary/aromatic N) is 2. The Labute approximate surface area is 115 Å². The van der Waals surface area contributed by atoms with Gasteiger partial charge in [-0.3, -0.25) is 16.0 Å². The standard InChI is InChI=1S/C13H17BrN4/c1-18-12(8-9-16-18)6-7-13(17-15)10-2-4-11(14)5-3-10/h2-5,8-9,13,17H,6-7,15H2,1H3. The Hall–Kier alpha value is -1.17. The fourth-order valence-electron chi connectivity index (χ4n) is 1.98. The van der Waals surface area contributed by atoms with Crippen LogP contribution in [0.5, 0.6) is 0 Å². The summed E-state index contributed by atoms with van der Waals surface area (Å²) in [6.45, 7) is 0. The van der Waals surface area contributed by atoms with Crippen LogP contribution in [-0.2, 0) is 13.5 Å². The van der Waals surface area contributed by atoms with Gasteiger partial charge in [0.2, 0.25) is 0 Å². The van der Waals surface area contributed by atoms with Gasteiger partial charge in [0.25, 0.3) is 0 Å². The lowest BCUT2D eigenvalue weighted by Gasteiger charge is -2.16. The number of hydrogen-bond donors (Lipinski definition) is 2. The number of aromatic nitrogens is 2. The van der Waals surface area contributed by atoms with Crippen LogP contribution >= 0.6 is 15.9 Å². The Balaban J connectivity index is 2.01. The molecule has 4 nitrogen and oxygen atoms in total. The number of hydrazine groups is 1. The number of benzene rings is 1. The van der Waals surface area contributed by atoms with Crippen LogP contribution in [0.4, 0.5) is 0 Å². The number of hydrogen-bond acceptors (Lipinski definition) is 3.